The number of rotatable bonds is 12. The van der Waals surface area contributed by atoms with Crippen molar-refractivity contribution >= 4 is 18.2 Å². The molecule has 4 rings (SSSR count). The fourth-order valence-electron chi connectivity index (χ4n) is 5.99. The number of amides is 2. The molecule has 1 fully saturated rings. The molecule has 13 heteroatoms. The lowest BCUT2D eigenvalue weighted by Gasteiger charge is -2.41. The molecule has 0 saturated carbocycles. The van der Waals surface area contributed by atoms with Crippen LogP contribution in [0.3, 0.4) is 0 Å². The second kappa shape index (κ2) is 15.2. The Labute approximate surface area is 267 Å². The first-order valence-electron chi connectivity index (χ1n) is 15.4. The summed E-state index contributed by atoms with van der Waals surface area (Å²) in [5.41, 5.74) is 3.37. The Morgan fingerprint density at radius 2 is 1.46 bits per heavy atom. The molecule has 2 aromatic rings. The Hall–Kier alpha value is -3.75. The number of nitrogens with one attached hydrogen (secondary N) is 2. The molecular formula is C33H44N2O11. The Kier molecular flexibility index (Phi) is 11.6. The van der Waals surface area contributed by atoms with Gasteiger partial charge in [-0.05, 0) is 68.2 Å². The molecular weight excluding hydrogens is 600 g/mol. The van der Waals surface area contributed by atoms with Gasteiger partial charge in [-0.1, -0.05) is 48.5 Å². The molecule has 13 nitrogen and oxygen atoms in total. The molecule has 0 bridgehead atoms. The molecule has 1 heterocycles. The van der Waals surface area contributed by atoms with Gasteiger partial charge in [0.15, 0.2) is 0 Å². The highest BCUT2D eigenvalue weighted by Gasteiger charge is 2.44. The van der Waals surface area contributed by atoms with Crippen molar-refractivity contribution in [3.63, 3.8) is 0 Å². The third-order valence-corrected chi connectivity index (χ3v) is 8.29. The topological polar surface area (TPSA) is 204 Å². The lowest BCUT2D eigenvalue weighted by Crippen LogP contribution is -2.59. The van der Waals surface area contributed by atoms with Crippen LogP contribution in [0.25, 0.3) is 11.1 Å². The average molecular weight is 645 g/mol. The monoisotopic (exact) mass is 644 g/mol. The molecule has 252 valence electrons. The smallest absolute Gasteiger partial charge is 0.407 e. The number of alkyl carbamates (subject to hydrolysis) is 2. The van der Waals surface area contributed by atoms with Crippen molar-refractivity contribution in [3.8, 4) is 11.1 Å². The third kappa shape index (κ3) is 8.74. The van der Waals surface area contributed by atoms with Crippen LogP contribution in [0.5, 0.6) is 0 Å². The number of carboxylic acid groups (broad SMARTS) is 1. The van der Waals surface area contributed by atoms with Crippen LogP contribution in [0.15, 0.2) is 48.5 Å². The van der Waals surface area contributed by atoms with Crippen LogP contribution < -0.4 is 10.6 Å². The number of aliphatic carboxylic acids is 1. The van der Waals surface area contributed by atoms with Gasteiger partial charge in [-0.25, -0.2) is 14.4 Å². The highest BCUT2D eigenvalue weighted by molar-refractivity contribution is 5.81. The maximum Gasteiger partial charge on any atom is 0.407 e. The molecule has 7 N–H and O–H groups in total. The average Bonchev–Trinajstić information content (AvgIpc) is 3.33. The molecule has 2 aliphatic rings. The van der Waals surface area contributed by atoms with E-state index in [2.05, 4.69) is 10.6 Å². The van der Waals surface area contributed by atoms with Crippen molar-refractivity contribution in [1.82, 2.24) is 10.6 Å². The molecule has 46 heavy (non-hydrogen) atoms. The first-order valence-corrected chi connectivity index (χ1v) is 15.4. The fraction of sp³-hybridized carbons (Fsp3) is 0.545. The Bertz CT molecular complexity index is 1320. The molecule has 0 unspecified atom stereocenters. The number of benzene rings is 2. The fourth-order valence-corrected chi connectivity index (χ4v) is 5.99. The number of fused-ring (bicyclic) bond motifs is 3. The van der Waals surface area contributed by atoms with Crippen LogP contribution in [0, 0.1) is 5.92 Å². The van der Waals surface area contributed by atoms with Crippen LogP contribution in [-0.2, 0) is 19.0 Å². The standard InChI is InChI=1S/C33H44N2O11/c1-33(2,3)46-31(42)34-15-18(14-25-27(37)29(39)28(38)26(16-36)45-25)12-13-24(30(40)41)35-32(43)44-17-23-21-10-6-4-8-19(21)20-9-5-7-11-22(20)23/h4-11,18,23-29,36-39H,12-17H2,1-3H3,(H,34,42)(H,35,43)(H,40,41)/t18-,24-,25-,26+,27-,28-,29+/m0/s1. The molecule has 2 aromatic carbocycles. The summed E-state index contributed by atoms with van der Waals surface area (Å²) in [7, 11) is 0. The van der Waals surface area contributed by atoms with E-state index in [9.17, 15) is 39.9 Å². The molecule has 1 saturated heterocycles. The summed E-state index contributed by atoms with van der Waals surface area (Å²) < 4.78 is 16.4. The van der Waals surface area contributed by atoms with E-state index in [1.165, 1.54) is 0 Å². The van der Waals surface area contributed by atoms with Gasteiger partial charge < -0.3 is 50.4 Å². The summed E-state index contributed by atoms with van der Waals surface area (Å²) in [4.78, 5) is 37.3. The van der Waals surface area contributed by atoms with E-state index >= 15 is 0 Å². The van der Waals surface area contributed by atoms with Crippen LogP contribution in [0.2, 0.25) is 0 Å². The number of hydrogen-bond acceptors (Lipinski definition) is 10. The van der Waals surface area contributed by atoms with Gasteiger partial charge >= 0.3 is 18.2 Å². The summed E-state index contributed by atoms with van der Waals surface area (Å²) in [5, 5.41) is 55.5. The van der Waals surface area contributed by atoms with Gasteiger partial charge in [-0.2, -0.15) is 0 Å². The number of carboxylic acids is 1. The highest BCUT2D eigenvalue weighted by atomic mass is 16.6. The van der Waals surface area contributed by atoms with Crippen LogP contribution in [0.4, 0.5) is 9.59 Å². The van der Waals surface area contributed by atoms with Gasteiger partial charge in [0.1, 0.15) is 42.7 Å². The number of hydrogen-bond donors (Lipinski definition) is 7. The molecule has 0 aromatic heterocycles. The summed E-state index contributed by atoms with van der Waals surface area (Å²) >= 11 is 0. The third-order valence-electron chi connectivity index (χ3n) is 8.29. The first kappa shape index (κ1) is 35.1. The van der Waals surface area contributed by atoms with E-state index in [1.807, 2.05) is 48.5 Å². The van der Waals surface area contributed by atoms with E-state index in [0.717, 1.165) is 22.3 Å². The van der Waals surface area contributed by atoms with Gasteiger partial charge in [0, 0.05) is 12.5 Å². The molecule has 0 spiro atoms. The number of carbonyl (C=O) groups is 3. The number of carbonyl (C=O) groups excluding carboxylic acids is 2. The zero-order valence-corrected chi connectivity index (χ0v) is 26.2. The lowest BCUT2D eigenvalue weighted by molar-refractivity contribution is -0.232. The zero-order chi connectivity index (χ0) is 33.6. The van der Waals surface area contributed by atoms with E-state index in [0.29, 0.717) is 0 Å². The van der Waals surface area contributed by atoms with Crippen molar-refractivity contribution in [2.75, 3.05) is 19.8 Å². The molecule has 0 radical (unpaired) electrons. The van der Waals surface area contributed by atoms with E-state index in [1.54, 1.807) is 20.8 Å². The Morgan fingerprint density at radius 1 is 0.870 bits per heavy atom. The largest absolute Gasteiger partial charge is 0.480 e. The van der Waals surface area contributed by atoms with Crippen molar-refractivity contribution < 1.29 is 54.1 Å². The Morgan fingerprint density at radius 3 is 2.02 bits per heavy atom. The SMILES string of the molecule is CC(C)(C)OC(=O)NC[C@@H](CC[C@H](NC(=O)OCC1c2ccccc2-c2ccccc21)C(=O)O)C[C@@H]1O[C@H](CO)[C@H](O)[C@H](O)[C@H]1O. The van der Waals surface area contributed by atoms with Gasteiger partial charge in [-0.3, -0.25) is 0 Å². The van der Waals surface area contributed by atoms with Crippen molar-refractivity contribution in [1.29, 1.82) is 0 Å². The number of aliphatic hydroxyl groups is 4. The maximum absolute atomic E-state index is 12.8. The first-order chi connectivity index (χ1) is 21.8. The minimum atomic E-state index is -1.59. The second-order valence-electron chi connectivity index (χ2n) is 12.8. The van der Waals surface area contributed by atoms with E-state index in [4.69, 9.17) is 14.2 Å². The normalized spacial score (nSPS) is 23.8. The predicted molar refractivity (Wildman–Crippen MR) is 165 cm³/mol. The summed E-state index contributed by atoms with van der Waals surface area (Å²) in [6, 6.07) is 14.3. The van der Waals surface area contributed by atoms with E-state index in [-0.39, 0.29) is 38.3 Å². The van der Waals surface area contributed by atoms with Crippen LogP contribution in [0.1, 0.15) is 57.1 Å². The quantitative estimate of drug-likeness (QED) is 0.178. The van der Waals surface area contributed by atoms with Crippen molar-refractivity contribution in [2.45, 2.75) is 88.1 Å². The summed E-state index contributed by atoms with van der Waals surface area (Å²) in [6.45, 7) is 4.49. The Balaban J connectivity index is 1.39. The molecule has 1 aliphatic heterocycles. The van der Waals surface area contributed by atoms with Gasteiger partial charge in [0.2, 0.25) is 0 Å². The van der Waals surface area contributed by atoms with Gasteiger partial charge in [-0.15, -0.1) is 0 Å². The highest BCUT2D eigenvalue weighted by Crippen LogP contribution is 2.44. The number of ether oxygens (including phenoxy) is 3. The number of aliphatic hydroxyl groups excluding tert-OH is 4. The predicted octanol–water partition coefficient (Wildman–Crippen LogP) is 2.13. The molecule has 2 amide bonds. The van der Waals surface area contributed by atoms with Crippen molar-refractivity contribution in [2.24, 2.45) is 5.92 Å². The minimum Gasteiger partial charge on any atom is -0.480 e. The van der Waals surface area contributed by atoms with E-state index < -0.39 is 72.8 Å². The molecule has 1 aliphatic carbocycles. The van der Waals surface area contributed by atoms with Gasteiger partial charge in [0.05, 0.1) is 12.7 Å². The summed E-state index contributed by atoms with van der Waals surface area (Å²) in [5.74, 6) is -2.02. The van der Waals surface area contributed by atoms with Crippen LogP contribution >= 0.6 is 0 Å². The summed E-state index contributed by atoms with van der Waals surface area (Å²) in [6.07, 6.45) is -8.31. The van der Waals surface area contributed by atoms with Gasteiger partial charge in [0.25, 0.3) is 0 Å². The van der Waals surface area contributed by atoms with Crippen molar-refractivity contribution in [3.05, 3.63) is 59.7 Å². The zero-order valence-electron chi connectivity index (χ0n) is 26.2. The minimum absolute atomic E-state index is 0.00570. The maximum atomic E-state index is 12.8. The lowest BCUT2D eigenvalue weighted by atomic mass is 9.87. The van der Waals surface area contributed by atoms with Crippen LogP contribution in [-0.4, -0.2) is 106 Å². The second-order valence-corrected chi connectivity index (χ2v) is 12.8. The molecule has 7 atom stereocenters.